The monoisotopic (exact) mass is 559 g/mol. The summed E-state index contributed by atoms with van der Waals surface area (Å²) < 4.78 is 35.8. The first-order chi connectivity index (χ1) is 17.0. The highest BCUT2D eigenvalue weighted by Gasteiger charge is 2.57. The molecular weight excluding hydrogens is 534 g/mol. The molecule has 0 bridgehead atoms. The number of anilines is 1. The van der Waals surface area contributed by atoms with E-state index in [0.29, 0.717) is 9.79 Å². The first-order valence-corrected chi connectivity index (χ1v) is 12.9. The Morgan fingerprint density at radius 2 is 2.00 bits per heavy atom. The molecule has 1 aliphatic heterocycles. The van der Waals surface area contributed by atoms with Crippen molar-refractivity contribution in [3.05, 3.63) is 39.3 Å². The molecule has 1 fully saturated rings. The van der Waals surface area contributed by atoms with Crippen LogP contribution in [0.1, 0.15) is 51.6 Å². The second-order valence-electron chi connectivity index (χ2n) is 9.04. The number of nitrogen functional groups attached to an aromatic ring is 1. The molecule has 1 aliphatic rings. The molecule has 5 N–H and O–H groups in total. The second-order valence-corrected chi connectivity index (χ2v) is 10.9. The van der Waals surface area contributed by atoms with Gasteiger partial charge in [-0.2, -0.15) is 18.2 Å². The number of ketones is 1. The number of oxime groups is 1. The molecule has 0 aliphatic carbocycles. The van der Waals surface area contributed by atoms with E-state index >= 15 is 0 Å². The number of rotatable bonds is 10. The number of aromatic hydroxyl groups is 1. The number of carbonyl (C=O) groups is 2. The van der Waals surface area contributed by atoms with Gasteiger partial charge in [-0.3, -0.25) is 18.9 Å². The first kappa shape index (κ1) is 28.0. The number of carbonyl (C=O) groups excluding carboxylic acids is 2. The van der Waals surface area contributed by atoms with Crippen LogP contribution in [0.3, 0.4) is 0 Å². The Hall–Kier alpha value is -3.54. The van der Waals surface area contributed by atoms with Gasteiger partial charge in [0.1, 0.15) is 11.4 Å². The highest BCUT2D eigenvalue weighted by molar-refractivity contribution is 7.80. The summed E-state index contributed by atoms with van der Waals surface area (Å²) in [6.45, 7) is 6.26. The van der Waals surface area contributed by atoms with Crippen LogP contribution >= 0.6 is 11.3 Å². The molecule has 15 nitrogen and oxygen atoms in total. The van der Waals surface area contributed by atoms with Crippen LogP contribution in [0.5, 0.6) is 5.75 Å². The molecule has 0 radical (unpaired) electrons. The standard InChI is InChI=1S/C20H25N5O10S2/c1-9(2)17(12-6-13(26)15(28)7-24(12)30)34-23-16(11-8-36-19(21)22-11)14(27)5-10-18(29)25(20(10,3)4)35-37(31,32)33/h6-10,17,28,30H,5H2,1-4H3,(H2,21,22)(H,31,32,33)/b23-16-/t10-,17-/m1/s1. The lowest BCUT2D eigenvalue weighted by Gasteiger charge is -2.50. The lowest BCUT2D eigenvalue weighted by Crippen LogP contribution is -2.68. The largest absolute Gasteiger partial charge is 0.503 e. The topological polar surface area (TPSA) is 224 Å². The molecule has 3 rings (SSSR count). The first-order valence-electron chi connectivity index (χ1n) is 10.7. The SMILES string of the molecule is CC(C)[C@@H](O/N=C(\C(=O)C[C@@H]1C(=O)N(OS(=O)(=O)O)C1(C)C)c1csc(N)n1)c1cc(=O)c(O)cn1O. The molecule has 0 unspecified atom stereocenters. The van der Waals surface area contributed by atoms with E-state index in [1.165, 1.54) is 19.2 Å². The van der Waals surface area contributed by atoms with Crippen molar-refractivity contribution < 1.29 is 42.0 Å². The van der Waals surface area contributed by atoms with Crippen LogP contribution in [0.15, 0.2) is 27.6 Å². The predicted octanol–water partition coefficient (Wildman–Crippen LogP) is 0.879. The summed E-state index contributed by atoms with van der Waals surface area (Å²) in [7, 11) is -4.97. The number of nitrogens with zero attached hydrogens (tertiary/aromatic N) is 4. The Morgan fingerprint density at radius 3 is 2.51 bits per heavy atom. The molecule has 1 saturated heterocycles. The number of hydrogen-bond acceptors (Lipinski definition) is 13. The minimum atomic E-state index is -4.97. The average Bonchev–Trinajstić information content (AvgIpc) is 3.21. The van der Waals surface area contributed by atoms with Gasteiger partial charge in [-0.15, -0.1) is 15.6 Å². The molecule has 0 saturated carbocycles. The maximum absolute atomic E-state index is 13.3. The normalized spacial score (nSPS) is 18.5. The van der Waals surface area contributed by atoms with Crippen LogP contribution in [0.25, 0.3) is 0 Å². The van der Waals surface area contributed by atoms with Gasteiger partial charge in [0.2, 0.25) is 5.43 Å². The summed E-state index contributed by atoms with van der Waals surface area (Å²) in [4.78, 5) is 47.3. The third-order valence-corrected chi connectivity index (χ3v) is 6.67. The maximum Gasteiger partial charge on any atom is 0.418 e. The van der Waals surface area contributed by atoms with E-state index < -0.39 is 57.2 Å². The maximum atomic E-state index is 13.3. The van der Waals surface area contributed by atoms with E-state index in [-0.39, 0.29) is 28.1 Å². The number of thiazole rings is 1. The number of pyridine rings is 1. The van der Waals surface area contributed by atoms with Gasteiger partial charge >= 0.3 is 10.4 Å². The lowest BCUT2D eigenvalue weighted by atomic mass is 9.74. The van der Waals surface area contributed by atoms with Crippen LogP contribution < -0.4 is 11.2 Å². The third-order valence-electron chi connectivity index (χ3n) is 5.66. The molecule has 3 heterocycles. The van der Waals surface area contributed by atoms with Crippen molar-refractivity contribution in [2.75, 3.05) is 5.73 Å². The lowest BCUT2D eigenvalue weighted by molar-refractivity contribution is -0.228. The minimum absolute atomic E-state index is 0.0396. The zero-order chi connectivity index (χ0) is 27.9. The van der Waals surface area contributed by atoms with Crippen LogP contribution in [-0.4, -0.2) is 61.0 Å². The number of hydroxylamine groups is 2. The highest BCUT2D eigenvalue weighted by atomic mass is 32.3. The second kappa shape index (κ2) is 10.1. The van der Waals surface area contributed by atoms with E-state index in [1.807, 2.05) is 0 Å². The Kier molecular flexibility index (Phi) is 7.64. The van der Waals surface area contributed by atoms with E-state index in [1.54, 1.807) is 13.8 Å². The van der Waals surface area contributed by atoms with Gasteiger partial charge in [-0.1, -0.05) is 19.0 Å². The van der Waals surface area contributed by atoms with Crippen LogP contribution in [0.4, 0.5) is 5.13 Å². The van der Waals surface area contributed by atoms with E-state index in [2.05, 4.69) is 14.4 Å². The summed E-state index contributed by atoms with van der Waals surface area (Å²) in [5.74, 6) is -3.68. The van der Waals surface area contributed by atoms with Crippen LogP contribution in [-0.2, 0) is 29.1 Å². The number of nitrogens with two attached hydrogens (primary N) is 1. The number of amides is 1. The van der Waals surface area contributed by atoms with Crippen LogP contribution in [0, 0.1) is 11.8 Å². The summed E-state index contributed by atoms with van der Waals surface area (Å²) in [6, 6.07) is 0.956. The average molecular weight is 560 g/mol. The summed E-state index contributed by atoms with van der Waals surface area (Å²) in [5.41, 5.74) is 3.30. The summed E-state index contributed by atoms with van der Waals surface area (Å²) in [6.07, 6.45) is -0.720. The minimum Gasteiger partial charge on any atom is -0.503 e. The van der Waals surface area contributed by atoms with Crippen molar-refractivity contribution in [3.63, 3.8) is 0 Å². The Balaban J connectivity index is 1.92. The smallest absolute Gasteiger partial charge is 0.418 e. The van der Waals surface area contributed by atoms with Gasteiger partial charge in [0.25, 0.3) is 5.91 Å². The highest BCUT2D eigenvalue weighted by Crippen LogP contribution is 2.40. The molecular formula is C20H25N5O10S2. The number of β-lactam (4-membered cyclic amide) rings is 1. The molecule has 2 atom stereocenters. The fourth-order valence-electron chi connectivity index (χ4n) is 3.65. The fourth-order valence-corrected chi connectivity index (χ4v) is 4.66. The molecule has 2 aromatic heterocycles. The van der Waals surface area contributed by atoms with E-state index in [0.717, 1.165) is 23.6 Å². The fraction of sp³-hybridized carbons (Fsp3) is 0.450. The molecule has 17 heteroatoms. The van der Waals surface area contributed by atoms with Crippen LogP contribution in [0.2, 0.25) is 0 Å². The van der Waals surface area contributed by atoms with Crippen molar-refractivity contribution >= 4 is 44.3 Å². The Labute approximate surface area is 214 Å². The van der Waals surface area contributed by atoms with Crippen molar-refractivity contribution in [1.29, 1.82) is 0 Å². The Morgan fingerprint density at radius 1 is 1.35 bits per heavy atom. The Bertz CT molecular complexity index is 1410. The number of aromatic nitrogens is 2. The summed E-state index contributed by atoms with van der Waals surface area (Å²) in [5, 5.41) is 25.6. The van der Waals surface area contributed by atoms with Crippen molar-refractivity contribution in [3.8, 4) is 5.75 Å². The number of Topliss-reactive ketones (excluding diaryl/α,β-unsaturated/α-hetero) is 1. The summed E-state index contributed by atoms with van der Waals surface area (Å²) >= 11 is 1.01. The van der Waals surface area contributed by atoms with E-state index in [4.69, 9.17) is 15.1 Å². The van der Waals surface area contributed by atoms with Gasteiger partial charge < -0.3 is 20.9 Å². The molecule has 202 valence electrons. The van der Waals surface area contributed by atoms with Gasteiger partial charge in [0.15, 0.2) is 28.5 Å². The molecule has 1 amide bonds. The van der Waals surface area contributed by atoms with Gasteiger partial charge in [0, 0.05) is 17.9 Å². The molecule has 37 heavy (non-hydrogen) atoms. The van der Waals surface area contributed by atoms with Crippen molar-refractivity contribution in [2.24, 2.45) is 17.0 Å². The van der Waals surface area contributed by atoms with Gasteiger partial charge in [-0.25, -0.2) is 4.98 Å². The van der Waals surface area contributed by atoms with Gasteiger partial charge in [-0.05, 0) is 19.8 Å². The van der Waals surface area contributed by atoms with Gasteiger partial charge in [0.05, 0.1) is 17.7 Å². The predicted molar refractivity (Wildman–Crippen MR) is 128 cm³/mol. The molecule has 2 aromatic rings. The third kappa shape index (κ3) is 5.90. The number of hydrogen-bond donors (Lipinski definition) is 4. The van der Waals surface area contributed by atoms with E-state index in [9.17, 15) is 33.1 Å². The zero-order valence-corrected chi connectivity index (χ0v) is 21.7. The molecule has 0 aromatic carbocycles. The van der Waals surface area contributed by atoms with Crippen molar-refractivity contribution in [2.45, 2.75) is 45.8 Å². The quantitative estimate of drug-likeness (QED) is 0.105. The van der Waals surface area contributed by atoms with Crippen molar-refractivity contribution in [1.82, 2.24) is 14.8 Å². The molecule has 0 spiro atoms. The zero-order valence-electron chi connectivity index (χ0n) is 20.1.